The molecule has 2 aromatic carbocycles. The molecule has 1 N–H and O–H groups in total. The number of benzene rings is 2. The van der Waals surface area contributed by atoms with Crippen molar-refractivity contribution >= 4 is 30.5 Å². The molecule has 1 amide bonds. The number of sulfonamides is 1. The molecule has 2 atom stereocenters. The van der Waals surface area contributed by atoms with Gasteiger partial charge in [0.05, 0.1) is 32.3 Å². The summed E-state index contributed by atoms with van der Waals surface area (Å²) >= 11 is 0. The first-order valence-electron chi connectivity index (χ1n) is 12.6. The molecule has 0 fully saturated rings. The molecule has 3 heterocycles. The lowest BCUT2D eigenvalue weighted by Gasteiger charge is -2.25. The topological polar surface area (TPSA) is 109 Å². The Balaban J connectivity index is 1.29. The second-order valence-electron chi connectivity index (χ2n) is 9.97. The van der Waals surface area contributed by atoms with Crippen LogP contribution in [0.25, 0.3) is 11.1 Å². The van der Waals surface area contributed by atoms with Gasteiger partial charge in [0.1, 0.15) is 12.7 Å². The molecule has 0 aliphatic carbocycles. The van der Waals surface area contributed by atoms with Crippen molar-refractivity contribution in [3.63, 3.8) is 0 Å². The van der Waals surface area contributed by atoms with Crippen LogP contribution in [0.15, 0.2) is 41.4 Å². The number of fused-ring (bicyclic) bond motifs is 2. The second-order valence-corrected chi connectivity index (χ2v) is 12.2. The van der Waals surface area contributed by atoms with Crippen molar-refractivity contribution in [2.45, 2.75) is 64.0 Å². The monoisotopic (exact) mass is 557 g/mol. The van der Waals surface area contributed by atoms with E-state index < -0.39 is 15.9 Å². The Hall–Kier alpha value is -2.78. The largest absolute Gasteiger partial charge is 0.475 e. The highest BCUT2D eigenvalue weighted by molar-refractivity contribution is 7.90. The normalized spacial score (nSPS) is 17.0. The van der Waals surface area contributed by atoms with Crippen molar-refractivity contribution in [3.05, 3.63) is 58.7 Å². The quantitative estimate of drug-likeness (QED) is 0.445. The lowest BCUT2D eigenvalue weighted by molar-refractivity contribution is -0.118. The average Bonchev–Trinajstić information content (AvgIpc) is 3.30. The minimum atomic E-state index is -4.17. The van der Waals surface area contributed by atoms with Gasteiger partial charge in [-0.1, -0.05) is 18.2 Å². The molecular formula is C27H32N3O6PS. The summed E-state index contributed by atoms with van der Waals surface area (Å²) in [6.07, 6.45) is 0.613. The summed E-state index contributed by atoms with van der Waals surface area (Å²) in [5.41, 5.74) is 6.27. The van der Waals surface area contributed by atoms with Crippen molar-refractivity contribution in [2.75, 3.05) is 13.2 Å². The molecule has 0 bridgehead atoms. The minimum Gasteiger partial charge on any atom is -0.475 e. The highest BCUT2D eigenvalue weighted by atomic mass is 32.2. The Morgan fingerprint density at radius 2 is 2.03 bits per heavy atom. The Bertz CT molecular complexity index is 1460. The van der Waals surface area contributed by atoms with E-state index in [2.05, 4.69) is 37.3 Å². The van der Waals surface area contributed by atoms with Crippen LogP contribution in [-0.4, -0.2) is 49.5 Å². The van der Waals surface area contributed by atoms with Crippen LogP contribution < -0.4 is 14.8 Å². The number of nitrogens with zero attached hydrogens (tertiary/aromatic N) is 2. The van der Waals surface area contributed by atoms with Gasteiger partial charge in [-0.05, 0) is 78.0 Å². The molecule has 3 aromatic rings. The van der Waals surface area contributed by atoms with Gasteiger partial charge < -0.3 is 14.2 Å². The van der Waals surface area contributed by atoms with E-state index in [9.17, 15) is 13.2 Å². The SMILES string of the molecule is Cc1cc(-c2ccc3c(c2)COCC3)cc(P)c1CC(=O)NS(=O)(=O)c1cc2n(n1)CC(OC(C)C)CO2. The van der Waals surface area contributed by atoms with E-state index in [0.29, 0.717) is 25.6 Å². The van der Waals surface area contributed by atoms with Gasteiger partial charge in [-0.3, -0.25) is 4.79 Å². The summed E-state index contributed by atoms with van der Waals surface area (Å²) in [6.45, 7) is 7.80. The summed E-state index contributed by atoms with van der Waals surface area (Å²) in [7, 11) is -1.50. The molecule has 1 aromatic heterocycles. The zero-order valence-corrected chi connectivity index (χ0v) is 23.7. The summed E-state index contributed by atoms with van der Waals surface area (Å²) < 4.78 is 46.4. The first kappa shape index (κ1) is 26.8. The molecule has 9 nitrogen and oxygen atoms in total. The summed E-state index contributed by atoms with van der Waals surface area (Å²) in [5, 5.41) is 4.72. The average molecular weight is 558 g/mol. The van der Waals surface area contributed by atoms with Gasteiger partial charge in [0, 0.05) is 6.07 Å². The maximum Gasteiger partial charge on any atom is 0.283 e. The van der Waals surface area contributed by atoms with Crippen molar-refractivity contribution < 1.29 is 27.4 Å². The fraction of sp³-hybridized carbons (Fsp3) is 0.407. The fourth-order valence-electron chi connectivity index (χ4n) is 4.85. The van der Waals surface area contributed by atoms with Crippen molar-refractivity contribution in [1.29, 1.82) is 0 Å². The van der Waals surface area contributed by atoms with Crippen molar-refractivity contribution in [3.8, 4) is 17.0 Å². The molecule has 11 heteroatoms. The van der Waals surface area contributed by atoms with Crippen LogP contribution in [0.2, 0.25) is 0 Å². The van der Waals surface area contributed by atoms with Crippen LogP contribution in [0.4, 0.5) is 0 Å². The van der Waals surface area contributed by atoms with Gasteiger partial charge >= 0.3 is 0 Å². The molecule has 0 radical (unpaired) electrons. The second kappa shape index (κ2) is 10.8. The standard InChI is InChI=1S/C27H32N3O6PS/c1-16(2)36-22-13-30-27(35-15-22)12-26(28-30)38(32,33)29-25(31)11-23-17(3)8-20(10-24(23)37)19-5-4-18-6-7-34-14-21(18)9-19/h4-5,8-10,12,16,22H,6-7,11,13-15,37H2,1-3H3,(H,29,31). The molecule has 0 spiro atoms. The Kier molecular flexibility index (Phi) is 7.60. The molecule has 202 valence electrons. The number of amides is 1. The molecular weight excluding hydrogens is 525 g/mol. The predicted octanol–water partition coefficient (Wildman–Crippen LogP) is 2.67. The van der Waals surface area contributed by atoms with Gasteiger partial charge in [0.15, 0.2) is 0 Å². The van der Waals surface area contributed by atoms with Crippen LogP contribution in [0, 0.1) is 6.92 Å². The van der Waals surface area contributed by atoms with Crippen molar-refractivity contribution in [1.82, 2.24) is 14.5 Å². The van der Waals surface area contributed by atoms with Crippen LogP contribution in [0.5, 0.6) is 5.88 Å². The lowest BCUT2D eigenvalue weighted by Crippen LogP contribution is -2.35. The van der Waals surface area contributed by atoms with E-state index in [1.165, 1.54) is 21.9 Å². The van der Waals surface area contributed by atoms with Crippen LogP contribution in [0.3, 0.4) is 0 Å². The number of rotatable bonds is 7. The molecule has 2 aliphatic rings. The molecule has 0 saturated carbocycles. The number of ether oxygens (including phenoxy) is 3. The zero-order chi connectivity index (χ0) is 27.0. The third kappa shape index (κ3) is 5.78. The highest BCUT2D eigenvalue weighted by Gasteiger charge is 2.28. The number of nitrogens with one attached hydrogen (secondary N) is 1. The molecule has 2 aliphatic heterocycles. The number of hydrogen-bond acceptors (Lipinski definition) is 7. The molecule has 0 saturated heterocycles. The number of carbonyl (C=O) groups excluding carboxylic acids is 1. The van der Waals surface area contributed by atoms with E-state index in [1.807, 2.05) is 32.9 Å². The number of aryl methyl sites for hydroxylation is 1. The van der Waals surface area contributed by atoms with E-state index in [0.717, 1.165) is 40.6 Å². The minimum absolute atomic E-state index is 0.00920. The van der Waals surface area contributed by atoms with E-state index in [1.54, 1.807) is 0 Å². The van der Waals surface area contributed by atoms with Gasteiger partial charge in [-0.15, -0.1) is 9.24 Å². The van der Waals surface area contributed by atoms with E-state index >= 15 is 0 Å². The number of hydrogen-bond donors (Lipinski definition) is 1. The summed E-state index contributed by atoms with van der Waals surface area (Å²) in [5.74, 6) is -0.308. The number of aromatic nitrogens is 2. The molecule has 5 rings (SSSR count). The smallest absolute Gasteiger partial charge is 0.283 e. The molecule has 38 heavy (non-hydrogen) atoms. The first-order chi connectivity index (χ1) is 18.1. The van der Waals surface area contributed by atoms with Gasteiger partial charge in [-0.2, -0.15) is 13.5 Å². The maximum atomic E-state index is 12.9. The highest BCUT2D eigenvalue weighted by Crippen LogP contribution is 2.28. The lowest BCUT2D eigenvalue weighted by atomic mass is 9.94. The zero-order valence-electron chi connectivity index (χ0n) is 21.7. The predicted molar refractivity (Wildman–Crippen MR) is 146 cm³/mol. The van der Waals surface area contributed by atoms with Crippen LogP contribution >= 0.6 is 9.24 Å². The summed E-state index contributed by atoms with van der Waals surface area (Å²) in [4.78, 5) is 12.8. The Labute approximate surface area is 225 Å². The van der Waals surface area contributed by atoms with Crippen molar-refractivity contribution in [2.24, 2.45) is 0 Å². The summed E-state index contributed by atoms with van der Waals surface area (Å²) in [6, 6.07) is 11.7. The molecule has 2 unspecified atom stereocenters. The Morgan fingerprint density at radius 3 is 2.79 bits per heavy atom. The van der Waals surface area contributed by atoms with Gasteiger partial charge in [-0.25, -0.2) is 9.40 Å². The van der Waals surface area contributed by atoms with Gasteiger partial charge in [0.2, 0.25) is 16.8 Å². The fourth-order valence-corrected chi connectivity index (χ4v) is 6.29. The maximum absolute atomic E-state index is 12.9. The van der Waals surface area contributed by atoms with Gasteiger partial charge in [0.25, 0.3) is 10.0 Å². The van der Waals surface area contributed by atoms with E-state index in [4.69, 9.17) is 14.2 Å². The first-order valence-corrected chi connectivity index (χ1v) is 14.7. The van der Waals surface area contributed by atoms with Crippen LogP contribution in [-0.2, 0) is 50.3 Å². The van der Waals surface area contributed by atoms with Crippen LogP contribution in [0.1, 0.15) is 36.1 Å². The third-order valence-electron chi connectivity index (χ3n) is 6.66. The number of carbonyl (C=O) groups is 1. The Morgan fingerprint density at radius 1 is 1.21 bits per heavy atom. The third-order valence-corrected chi connectivity index (χ3v) is 8.42. The van der Waals surface area contributed by atoms with E-state index in [-0.39, 0.29) is 23.7 Å².